The summed E-state index contributed by atoms with van der Waals surface area (Å²) in [6.07, 6.45) is 5.49. The molecule has 0 aliphatic rings. The topological polar surface area (TPSA) is 67.4 Å². The van der Waals surface area contributed by atoms with Gasteiger partial charge in [0.1, 0.15) is 5.76 Å². The molecule has 7 heteroatoms. The fraction of sp³-hybridized carbons (Fsp3) is 0.333. The van der Waals surface area contributed by atoms with Gasteiger partial charge in [0.05, 0.1) is 18.5 Å². The molecule has 2 aromatic heterocycles. The van der Waals surface area contributed by atoms with Gasteiger partial charge < -0.3 is 15.1 Å². The second-order valence-electron chi connectivity index (χ2n) is 6.39. The number of nitrogens with zero attached hydrogens (tertiary/aromatic N) is 3. The van der Waals surface area contributed by atoms with Crippen molar-refractivity contribution < 1.29 is 4.42 Å². The molecule has 0 amide bonds. The lowest BCUT2D eigenvalue weighted by molar-refractivity contribution is 0.506. The number of aromatic nitrogens is 2. The van der Waals surface area contributed by atoms with Gasteiger partial charge in [-0.3, -0.25) is 4.68 Å². The van der Waals surface area contributed by atoms with E-state index in [0.717, 1.165) is 36.8 Å². The average Bonchev–Trinajstić information content (AvgIpc) is 3.33. The van der Waals surface area contributed by atoms with Crippen LogP contribution in [0.25, 0.3) is 0 Å². The maximum absolute atomic E-state index is 5.40. The molecule has 3 rings (SSSR count). The van der Waals surface area contributed by atoms with Gasteiger partial charge in [0.15, 0.2) is 5.96 Å². The Bertz CT molecular complexity index is 843. The van der Waals surface area contributed by atoms with Gasteiger partial charge in [0.2, 0.25) is 0 Å². The van der Waals surface area contributed by atoms with E-state index in [1.807, 2.05) is 42.1 Å². The average molecular weight is 493 g/mol. The SMILES string of the molecule is CCc1nn(C)cc1CNC(=NCc1ccccc1)NCCc1ccco1.I. The van der Waals surface area contributed by atoms with E-state index in [1.54, 1.807) is 6.26 Å². The molecule has 150 valence electrons. The first-order valence-corrected chi connectivity index (χ1v) is 9.34. The first kappa shape index (κ1) is 22.0. The summed E-state index contributed by atoms with van der Waals surface area (Å²) in [7, 11) is 1.95. The van der Waals surface area contributed by atoms with Gasteiger partial charge in [-0.25, -0.2) is 4.99 Å². The number of halogens is 1. The summed E-state index contributed by atoms with van der Waals surface area (Å²) in [6, 6.07) is 14.1. The number of hydrogen-bond donors (Lipinski definition) is 2. The molecule has 0 aliphatic heterocycles. The van der Waals surface area contributed by atoms with Gasteiger partial charge in [0, 0.05) is 38.3 Å². The van der Waals surface area contributed by atoms with Crippen molar-refractivity contribution in [2.45, 2.75) is 32.9 Å². The number of furan rings is 1. The number of guanidine groups is 1. The van der Waals surface area contributed by atoms with Gasteiger partial charge >= 0.3 is 0 Å². The zero-order chi connectivity index (χ0) is 18.9. The fourth-order valence-electron chi connectivity index (χ4n) is 2.89. The Labute approximate surface area is 183 Å². The first-order chi connectivity index (χ1) is 13.2. The van der Waals surface area contributed by atoms with Crippen LogP contribution >= 0.6 is 24.0 Å². The summed E-state index contributed by atoms with van der Waals surface area (Å²) in [5.41, 5.74) is 3.49. The molecule has 0 saturated heterocycles. The maximum Gasteiger partial charge on any atom is 0.191 e. The van der Waals surface area contributed by atoms with Gasteiger partial charge in [-0.2, -0.15) is 5.10 Å². The molecule has 0 atom stereocenters. The van der Waals surface area contributed by atoms with Crippen LogP contribution in [0.1, 0.15) is 29.5 Å². The fourth-order valence-corrected chi connectivity index (χ4v) is 2.89. The Morgan fingerprint density at radius 3 is 2.68 bits per heavy atom. The van der Waals surface area contributed by atoms with Crippen molar-refractivity contribution in [2.75, 3.05) is 6.54 Å². The monoisotopic (exact) mass is 493 g/mol. The molecule has 0 unspecified atom stereocenters. The predicted molar refractivity (Wildman–Crippen MR) is 123 cm³/mol. The van der Waals surface area contributed by atoms with Crippen molar-refractivity contribution in [1.82, 2.24) is 20.4 Å². The van der Waals surface area contributed by atoms with E-state index < -0.39 is 0 Å². The van der Waals surface area contributed by atoms with Gasteiger partial charge in [0.25, 0.3) is 0 Å². The largest absolute Gasteiger partial charge is 0.469 e. The number of aryl methyl sites for hydroxylation is 2. The lowest BCUT2D eigenvalue weighted by Crippen LogP contribution is -2.38. The quantitative estimate of drug-likeness (QED) is 0.286. The van der Waals surface area contributed by atoms with E-state index in [0.29, 0.717) is 13.1 Å². The second-order valence-corrected chi connectivity index (χ2v) is 6.39. The Morgan fingerprint density at radius 1 is 1.14 bits per heavy atom. The number of aliphatic imine (C=N–C) groups is 1. The Kier molecular flexibility index (Phi) is 9.06. The molecule has 0 radical (unpaired) electrons. The Hall–Kier alpha value is -2.29. The molecule has 0 saturated carbocycles. The molecule has 2 heterocycles. The van der Waals surface area contributed by atoms with Crippen LogP contribution in [0, 0.1) is 0 Å². The van der Waals surface area contributed by atoms with E-state index in [9.17, 15) is 0 Å². The molecule has 1 aromatic carbocycles. The van der Waals surface area contributed by atoms with Crippen molar-refractivity contribution in [2.24, 2.45) is 12.0 Å². The van der Waals surface area contributed by atoms with Crippen molar-refractivity contribution in [3.63, 3.8) is 0 Å². The molecular formula is C21H28IN5O. The number of nitrogens with one attached hydrogen (secondary N) is 2. The molecule has 0 spiro atoms. The van der Waals surface area contributed by atoms with Crippen LogP contribution in [0.3, 0.4) is 0 Å². The normalized spacial score (nSPS) is 11.1. The van der Waals surface area contributed by atoms with Crippen molar-refractivity contribution in [3.05, 3.63) is 77.5 Å². The predicted octanol–water partition coefficient (Wildman–Crippen LogP) is 3.67. The third-order valence-corrected chi connectivity index (χ3v) is 4.28. The van der Waals surface area contributed by atoms with E-state index in [4.69, 9.17) is 9.41 Å². The van der Waals surface area contributed by atoms with E-state index in [2.05, 4.69) is 41.0 Å². The highest BCUT2D eigenvalue weighted by molar-refractivity contribution is 14.0. The van der Waals surface area contributed by atoms with Crippen LogP contribution in [0.15, 0.2) is 64.3 Å². The lowest BCUT2D eigenvalue weighted by Gasteiger charge is -2.12. The first-order valence-electron chi connectivity index (χ1n) is 9.34. The van der Waals surface area contributed by atoms with Crippen LogP contribution in [-0.4, -0.2) is 22.3 Å². The maximum atomic E-state index is 5.40. The zero-order valence-corrected chi connectivity index (χ0v) is 18.7. The van der Waals surface area contributed by atoms with Crippen LogP contribution in [-0.2, 0) is 33.0 Å². The molecule has 6 nitrogen and oxygen atoms in total. The highest BCUT2D eigenvalue weighted by Gasteiger charge is 2.07. The summed E-state index contributed by atoms with van der Waals surface area (Å²) < 4.78 is 7.26. The molecule has 28 heavy (non-hydrogen) atoms. The number of rotatable bonds is 8. The summed E-state index contributed by atoms with van der Waals surface area (Å²) in [4.78, 5) is 4.73. The molecule has 0 fully saturated rings. The summed E-state index contributed by atoms with van der Waals surface area (Å²) in [5.74, 6) is 1.75. The lowest BCUT2D eigenvalue weighted by atomic mass is 10.2. The Morgan fingerprint density at radius 2 is 1.96 bits per heavy atom. The van der Waals surface area contributed by atoms with Crippen molar-refractivity contribution in [1.29, 1.82) is 0 Å². The Balaban J connectivity index is 0.00000280. The zero-order valence-electron chi connectivity index (χ0n) is 16.4. The van der Waals surface area contributed by atoms with Gasteiger partial charge in [-0.15, -0.1) is 24.0 Å². The minimum Gasteiger partial charge on any atom is -0.469 e. The third kappa shape index (κ3) is 6.70. The molecule has 2 N–H and O–H groups in total. The van der Waals surface area contributed by atoms with Crippen LogP contribution < -0.4 is 10.6 Å². The van der Waals surface area contributed by atoms with Crippen molar-refractivity contribution >= 4 is 29.9 Å². The summed E-state index contributed by atoms with van der Waals surface area (Å²) >= 11 is 0. The van der Waals surface area contributed by atoms with Crippen LogP contribution in [0.2, 0.25) is 0 Å². The molecule has 0 aliphatic carbocycles. The van der Waals surface area contributed by atoms with Crippen LogP contribution in [0.4, 0.5) is 0 Å². The molecule has 0 bridgehead atoms. The smallest absolute Gasteiger partial charge is 0.191 e. The van der Waals surface area contributed by atoms with E-state index in [-0.39, 0.29) is 24.0 Å². The summed E-state index contributed by atoms with van der Waals surface area (Å²) in [6.45, 7) is 4.20. The minimum absolute atomic E-state index is 0. The molecule has 3 aromatic rings. The van der Waals surface area contributed by atoms with E-state index in [1.165, 1.54) is 11.1 Å². The summed E-state index contributed by atoms with van der Waals surface area (Å²) in [5, 5.41) is 11.3. The standard InChI is InChI=1S/C21H27N5O.HI/c1-3-20-18(16-26(2)25-20)15-24-21(22-12-11-19-10-7-13-27-19)23-14-17-8-5-4-6-9-17;/h4-10,13,16H,3,11-12,14-15H2,1-2H3,(H2,22,23,24);1H. The number of hydrogen-bond acceptors (Lipinski definition) is 3. The molecular weight excluding hydrogens is 465 g/mol. The number of benzene rings is 1. The highest BCUT2D eigenvalue weighted by Crippen LogP contribution is 2.07. The second kappa shape index (κ2) is 11.5. The third-order valence-electron chi connectivity index (χ3n) is 4.28. The van der Waals surface area contributed by atoms with Crippen molar-refractivity contribution in [3.8, 4) is 0 Å². The van der Waals surface area contributed by atoms with E-state index >= 15 is 0 Å². The minimum atomic E-state index is 0. The highest BCUT2D eigenvalue weighted by atomic mass is 127. The van der Waals surface area contributed by atoms with Crippen LogP contribution in [0.5, 0.6) is 0 Å². The van der Waals surface area contributed by atoms with Gasteiger partial charge in [-0.1, -0.05) is 37.3 Å². The van der Waals surface area contributed by atoms with Gasteiger partial charge in [-0.05, 0) is 24.1 Å².